The molecule has 4 heteroatoms. The number of hydrogen-bond donors (Lipinski definition) is 1. The van der Waals surface area contributed by atoms with E-state index in [0.717, 1.165) is 16.6 Å². The van der Waals surface area contributed by atoms with Gasteiger partial charge in [0, 0.05) is 23.4 Å². The lowest BCUT2D eigenvalue weighted by Crippen LogP contribution is -2.24. The molecule has 20 heavy (non-hydrogen) atoms. The predicted molar refractivity (Wildman–Crippen MR) is 89.9 cm³/mol. The summed E-state index contributed by atoms with van der Waals surface area (Å²) in [6, 6.07) is 4.94. The van der Waals surface area contributed by atoms with Gasteiger partial charge in [0.2, 0.25) is 0 Å². The summed E-state index contributed by atoms with van der Waals surface area (Å²) in [7, 11) is 0. The van der Waals surface area contributed by atoms with Crippen LogP contribution in [0.5, 0.6) is 0 Å². The zero-order valence-electron chi connectivity index (χ0n) is 12.6. The number of nitrogens with zero attached hydrogens (tertiary/aromatic N) is 1. The van der Waals surface area contributed by atoms with Crippen molar-refractivity contribution in [1.29, 1.82) is 0 Å². The maximum atomic E-state index is 4.35. The molecule has 1 N–H and O–H groups in total. The Morgan fingerprint density at radius 3 is 2.50 bits per heavy atom. The minimum absolute atomic E-state index is 0.384. The zero-order valence-corrected chi connectivity index (χ0v) is 14.2. The van der Waals surface area contributed by atoms with E-state index in [9.17, 15) is 0 Å². The lowest BCUT2D eigenvalue weighted by molar-refractivity contribution is 0.600. The van der Waals surface area contributed by atoms with Crippen molar-refractivity contribution in [1.82, 2.24) is 10.3 Å². The van der Waals surface area contributed by atoms with Crippen LogP contribution >= 0.6 is 23.1 Å². The molecular weight excluding hydrogens is 284 g/mol. The maximum absolute atomic E-state index is 4.35. The van der Waals surface area contributed by atoms with Gasteiger partial charge in [0.25, 0.3) is 0 Å². The van der Waals surface area contributed by atoms with Gasteiger partial charge in [-0.2, -0.15) is 0 Å². The molecular formula is C16H22N2S2. The molecule has 0 aliphatic carbocycles. The van der Waals surface area contributed by atoms with Gasteiger partial charge in [-0.05, 0) is 44.0 Å². The number of hydrogen-bond acceptors (Lipinski definition) is 4. The molecule has 0 amide bonds. The molecule has 0 saturated carbocycles. The molecule has 1 aromatic heterocycles. The van der Waals surface area contributed by atoms with Crippen LogP contribution in [0.3, 0.4) is 0 Å². The van der Waals surface area contributed by atoms with E-state index in [4.69, 9.17) is 0 Å². The first-order valence-corrected chi connectivity index (χ1v) is 8.81. The quantitative estimate of drug-likeness (QED) is 0.795. The third-order valence-electron chi connectivity index (χ3n) is 3.32. The van der Waals surface area contributed by atoms with Crippen LogP contribution in [0.2, 0.25) is 0 Å². The van der Waals surface area contributed by atoms with Gasteiger partial charge in [-0.1, -0.05) is 36.4 Å². The van der Waals surface area contributed by atoms with Crippen LogP contribution < -0.4 is 5.32 Å². The summed E-state index contributed by atoms with van der Waals surface area (Å²) in [6.07, 6.45) is 1.87. The van der Waals surface area contributed by atoms with E-state index in [2.05, 4.69) is 50.1 Å². The fourth-order valence-corrected chi connectivity index (χ4v) is 4.40. The molecule has 2 aromatic rings. The van der Waals surface area contributed by atoms with Crippen molar-refractivity contribution >= 4 is 23.1 Å². The van der Waals surface area contributed by atoms with Gasteiger partial charge in [-0.25, -0.2) is 4.98 Å². The Kier molecular flexibility index (Phi) is 5.64. The second kappa shape index (κ2) is 7.25. The highest BCUT2D eigenvalue weighted by atomic mass is 32.2. The van der Waals surface area contributed by atoms with Gasteiger partial charge in [0.05, 0.1) is 0 Å². The van der Waals surface area contributed by atoms with Gasteiger partial charge >= 0.3 is 0 Å². The van der Waals surface area contributed by atoms with Crippen molar-refractivity contribution in [2.45, 2.75) is 38.1 Å². The average molecular weight is 307 g/mol. The Morgan fingerprint density at radius 2 is 1.95 bits per heavy atom. The molecule has 1 unspecified atom stereocenters. The van der Waals surface area contributed by atoms with Crippen LogP contribution in [0.15, 0.2) is 28.0 Å². The summed E-state index contributed by atoms with van der Waals surface area (Å²) in [5.74, 6) is 1.02. The minimum Gasteiger partial charge on any atom is -0.309 e. The first-order valence-electron chi connectivity index (χ1n) is 6.95. The molecule has 2 nitrogen and oxygen atoms in total. The highest BCUT2D eigenvalue weighted by Crippen LogP contribution is 2.30. The van der Waals surface area contributed by atoms with Crippen molar-refractivity contribution in [3.05, 3.63) is 46.0 Å². The molecule has 0 bridgehead atoms. The molecule has 1 atom stereocenters. The molecule has 0 spiro atoms. The fraction of sp³-hybridized carbons (Fsp3) is 0.438. The molecule has 0 aliphatic heterocycles. The number of aromatic nitrogens is 1. The second-order valence-electron chi connectivity index (χ2n) is 5.03. The molecule has 2 rings (SSSR count). The number of thioether (sulfide) groups is 1. The highest BCUT2D eigenvalue weighted by Gasteiger charge is 2.16. The molecule has 108 valence electrons. The lowest BCUT2D eigenvalue weighted by Gasteiger charge is -2.22. The monoisotopic (exact) mass is 306 g/mol. The number of benzene rings is 1. The van der Waals surface area contributed by atoms with Crippen molar-refractivity contribution in [2.24, 2.45) is 0 Å². The summed E-state index contributed by atoms with van der Waals surface area (Å²) in [6.45, 7) is 9.74. The van der Waals surface area contributed by atoms with E-state index in [1.165, 1.54) is 22.3 Å². The summed E-state index contributed by atoms with van der Waals surface area (Å²) in [5.41, 5.74) is 5.55. The summed E-state index contributed by atoms with van der Waals surface area (Å²) in [5, 5.41) is 5.65. The van der Waals surface area contributed by atoms with Crippen LogP contribution in [0.4, 0.5) is 0 Å². The normalized spacial score (nSPS) is 12.6. The maximum Gasteiger partial charge on any atom is 0.149 e. The number of rotatable bonds is 6. The zero-order chi connectivity index (χ0) is 14.5. The molecule has 0 aliphatic rings. The van der Waals surface area contributed by atoms with Gasteiger partial charge < -0.3 is 5.32 Å². The first-order chi connectivity index (χ1) is 9.61. The molecule has 1 heterocycles. The topological polar surface area (TPSA) is 24.9 Å². The first kappa shape index (κ1) is 15.5. The van der Waals surface area contributed by atoms with Crippen LogP contribution in [0.1, 0.15) is 35.2 Å². The van der Waals surface area contributed by atoms with Crippen LogP contribution in [-0.4, -0.2) is 17.3 Å². The van der Waals surface area contributed by atoms with Crippen molar-refractivity contribution in [3.8, 4) is 0 Å². The van der Waals surface area contributed by atoms with Crippen LogP contribution in [0.25, 0.3) is 0 Å². The largest absolute Gasteiger partial charge is 0.309 e. The standard InChI is InChI=1S/C16H22N2S2/c1-5-17-14(10-20-16-18-6-7-19-16)15-12(3)8-11(2)9-13(15)4/h6-9,14,17H,5,10H2,1-4H3. The third-order valence-corrected chi connectivity index (χ3v) is 5.38. The second-order valence-corrected chi connectivity index (χ2v) is 7.19. The SMILES string of the molecule is CCNC(CSc1nccs1)c1c(C)cc(C)cc1C. The Hall–Kier alpha value is -0.840. The van der Waals surface area contributed by atoms with E-state index in [1.807, 2.05) is 23.3 Å². The fourth-order valence-electron chi connectivity index (χ4n) is 2.67. The van der Waals surface area contributed by atoms with E-state index in [-0.39, 0.29) is 0 Å². The summed E-state index contributed by atoms with van der Waals surface area (Å²) >= 11 is 3.55. The molecule has 0 saturated heterocycles. The smallest absolute Gasteiger partial charge is 0.149 e. The van der Waals surface area contributed by atoms with E-state index >= 15 is 0 Å². The summed E-state index contributed by atoms with van der Waals surface area (Å²) in [4.78, 5) is 4.35. The van der Waals surface area contributed by atoms with Crippen molar-refractivity contribution < 1.29 is 0 Å². The summed E-state index contributed by atoms with van der Waals surface area (Å²) < 4.78 is 1.15. The Morgan fingerprint density at radius 1 is 1.25 bits per heavy atom. The van der Waals surface area contributed by atoms with Gasteiger partial charge in [0.1, 0.15) is 4.34 Å². The number of nitrogens with one attached hydrogen (secondary N) is 1. The number of thiazole rings is 1. The average Bonchev–Trinajstić information content (AvgIpc) is 2.87. The van der Waals surface area contributed by atoms with Crippen molar-refractivity contribution in [2.75, 3.05) is 12.3 Å². The third kappa shape index (κ3) is 3.84. The predicted octanol–water partition coefficient (Wildman–Crippen LogP) is 4.51. The molecule has 0 fully saturated rings. The van der Waals surface area contributed by atoms with Crippen LogP contribution in [-0.2, 0) is 0 Å². The molecule has 0 radical (unpaired) electrons. The van der Waals surface area contributed by atoms with E-state index in [1.54, 1.807) is 11.3 Å². The molecule has 1 aromatic carbocycles. The van der Waals surface area contributed by atoms with Gasteiger partial charge in [-0.3, -0.25) is 0 Å². The highest BCUT2D eigenvalue weighted by molar-refractivity contribution is 8.01. The van der Waals surface area contributed by atoms with Crippen LogP contribution in [0, 0.1) is 20.8 Å². The van der Waals surface area contributed by atoms with Crippen molar-refractivity contribution in [3.63, 3.8) is 0 Å². The van der Waals surface area contributed by atoms with E-state index in [0.29, 0.717) is 6.04 Å². The van der Waals surface area contributed by atoms with Gasteiger partial charge in [-0.15, -0.1) is 11.3 Å². The lowest BCUT2D eigenvalue weighted by atomic mass is 9.95. The number of aryl methyl sites for hydroxylation is 3. The Bertz CT molecular complexity index is 527. The Labute approximate surface area is 130 Å². The van der Waals surface area contributed by atoms with E-state index < -0.39 is 0 Å². The Balaban J connectivity index is 2.19. The van der Waals surface area contributed by atoms with Gasteiger partial charge in [0.15, 0.2) is 0 Å². The minimum atomic E-state index is 0.384.